The summed E-state index contributed by atoms with van der Waals surface area (Å²) in [6, 6.07) is 7.69. The Labute approximate surface area is 123 Å². The predicted octanol–water partition coefficient (Wildman–Crippen LogP) is 1.84. The number of amides is 2. The van der Waals surface area contributed by atoms with Crippen molar-refractivity contribution in [3.8, 4) is 0 Å². The molecule has 0 radical (unpaired) electrons. The zero-order valence-electron chi connectivity index (χ0n) is 11.3. The number of rotatable bonds is 2. The lowest BCUT2D eigenvalue weighted by molar-refractivity contribution is 0.142. The number of fused-ring (bicyclic) bond motifs is 1. The zero-order valence-corrected chi connectivity index (χ0v) is 12.2. The number of aliphatic hydroxyl groups is 1. The molecule has 4 nitrogen and oxygen atoms in total. The smallest absolute Gasteiger partial charge is 0.315 e. The molecule has 3 N–H and O–H groups in total. The topological polar surface area (TPSA) is 61.4 Å². The highest BCUT2D eigenvalue weighted by molar-refractivity contribution is 7.99. The summed E-state index contributed by atoms with van der Waals surface area (Å²) in [6.07, 6.45) is 2.29. The molecular formula is C15H20N2O2S. The summed E-state index contributed by atoms with van der Waals surface area (Å²) in [5.41, 5.74) is 2.16. The second kappa shape index (κ2) is 6.06. The van der Waals surface area contributed by atoms with Gasteiger partial charge in [-0.3, -0.25) is 0 Å². The number of benzene rings is 1. The van der Waals surface area contributed by atoms with Gasteiger partial charge in [0.05, 0.1) is 12.1 Å². The largest absolute Gasteiger partial charge is 0.390 e. The van der Waals surface area contributed by atoms with Crippen LogP contribution in [-0.4, -0.2) is 34.8 Å². The van der Waals surface area contributed by atoms with Gasteiger partial charge < -0.3 is 15.7 Å². The molecule has 2 amide bonds. The van der Waals surface area contributed by atoms with Gasteiger partial charge in [0, 0.05) is 18.2 Å². The van der Waals surface area contributed by atoms with Gasteiger partial charge in [0.1, 0.15) is 0 Å². The number of carbonyl (C=O) groups is 1. The molecular weight excluding hydrogens is 272 g/mol. The van der Waals surface area contributed by atoms with Crippen LogP contribution in [0.2, 0.25) is 0 Å². The lowest BCUT2D eigenvalue weighted by atomic mass is 10.1. The molecule has 1 saturated heterocycles. The molecule has 1 aliphatic carbocycles. The third kappa shape index (κ3) is 2.94. The Balaban J connectivity index is 1.61. The van der Waals surface area contributed by atoms with Crippen LogP contribution in [-0.2, 0) is 6.42 Å². The van der Waals surface area contributed by atoms with Gasteiger partial charge in [-0.25, -0.2) is 4.79 Å². The molecule has 20 heavy (non-hydrogen) atoms. The molecule has 1 heterocycles. The van der Waals surface area contributed by atoms with Gasteiger partial charge >= 0.3 is 6.03 Å². The number of hydrogen-bond acceptors (Lipinski definition) is 3. The van der Waals surface area contributed by atoms with Crippen LogP contribution >= 0.6 is 11.8 Å². The first-order chi connectivity index (χ1) is 9.74. The van der Waals surface area contributed by atoms with Gasteiger partial charge in [-0.15, -0.1) is 0 Å². The number of nitrogens with one attached hydrogen (secondary N) is 2. The van der Waals surface area contributed by atoms with Crippen LogP contribution in [0.4, 0.5) is 4.79 Å². The fourth-order valence-corrected chi connectivity index (χ4v) is 4.04. The Morgan fingerprint density at radius 1 is 1.30 bits per heavy atom. The van der Waals surface area contributed by atoms with E-state index in [9.17, 15) is 9.90 Å². The van der Waals surface area contributed by atoms with E-state index in [-0.39, 0.29) is 18.1 Å². The summed E-state index contributed by atoms with van der Waals surface area (Å²) in [6.45, 7) is 0. The first kappa shape index (κ1) is 13.8. The van der Waals surface area contributed by atoms with Crippen molar-refractivity contribution in [2.45, 2.75) is 37.5 Å². The normalized spacial score (nSPS) is 28.8. The van der Waals surface area contributed by atoms with Gasteiger partial charge in [-0.2, -0.15) is 11.8 Å². The standard InChI is InChI=1S/C15H20N2O2S/c18-13-8-10-4-1-2-6-12(10)14(13)17-15(19)16-11-5-3-7-20-9-11/h1-2,4,6,11,13-14,18H,3,5,7-9H2,(H2,16,17,19). The van der Waals surface area contributed by atoms with Crippen molar-refractivity contribution in [2.75, 3.05) is 11.5 Å². The Morgan fingerprint density at radius 2 is 2.15 bits per heavy atom. The van der Waals surface area contributed by atoms with Gasteiger partial charge in [0.2, 0.25) is 0 Å². The summed E-state index contributed by atoms with van der Waals surface area (Å²) in [5.74, 6) is 2.17. The Hall–Kier alpha value is -1.20. The average Bonchev–Trinajstić information content (AvgIpc) is 2.76. The van der Waals surface area contributed by atoms with Crippen molar-refractivity contribution in [1.29, 1.82) is 0 Å². The van der Waals surface area contributed by atoms with Crippen LogP contribution in [0.5, 0.6) is 0 Å². The van der Waals surface area contributed by atoms with E-state index >= 15 is 0 Å². The predicted molar refractivity (Wildman–Crippen MR) is 80.9 cm³/mol. The van der Waals surface area contributed by atoms with Gasteiger partial charge in [0.25, 0.3) is 0 Å². The van der Waals surface area contributed by atoms with Crippen LogP contribution in [0.3, 0.4) is 0 Å². The summed E-state index contributed by atoms with van der Waals surface area (Å²) in [7, 11) is 0. The van der Waals surface area contributed by atoms with Gasteiger partial charge in [-0.1, -0.05) is 24.3 Å². The first-order valence-corrected chi connectivity index (χ1v) is 8.30. The number of thioether (sulfide) groups is 1. The Kier molecular flexibility index (Phi) is 4.17. The molecule has 3 rings (SSSR count). The van der Waals surface area contributed by atoms with Crippen LogP contribution in [0.1, 0.15) is 30.0 Å². The van der Waals surface area contributed by atoms with Gasteiger partial charge in [0.15, 0.2) is 0 Å². The van der Waals surface area contributed by atoms with E-state index in [1.165, 1.54) is 5.75 Å². The second-order valence-electron chi connectivity index (χ2n) is 5.48. The maximum atomic E-state index is 12.1. The van der Waals surface area contributed by atoms with Crippen molar-refractivity contribution >= 4 is 17.8 Å². The third-order valence-electron chi connectivity index (χ3n) is 3.99. The third-order valence-corrected chi connectivity index (χ3v) is 5.20. The minimum Gasteiger partial charge on any atom is -0.390 e. The zero-order chi connectivity index (χ0) is 13.9. The van der Waals surface area contributed by atoms with Crippen LogP contribution in [0, 0.1) is 0 Å². The number of urea groups is 1. The molecule has 0 bridgehead atoms. The van der Waals surface area contributed by atoms with Crippen molar-refractivity contribution in [1.82, 2.24) is 10.6 Å². The molecule has 0 spiro atoms. The van der Waals surface area contributed by atoms with E-state index in [1.54, 1.807) is 0 Å². The molecule has 2 aliphatic rings. The van der Waals surface area contributed by atoms with E-state index in [4.69, 9.17) is 0 Å². The van der Waals surface area contributed by atoms with Crippen molar-refractivity contribution in [3.05, 3.63) is 35.4 Å². The van der Waals surface area contributed by atoms with E-state index in [2.05, 4.69) is 10.6 Å². The first-order valence-electron chi connectivity index (χ1n) is 7.14. The maximum absolute atomic E-state index is 12.1. The minimum atomic E-state index is -0.529. The van der Waals surface area contributed by atoms with Crippen LogP contribution in [0.15, 0.2) is 24.3 Å². The number of hydrogen-bond donors (Lipinski definition) is 3. The molecule has 0 saturated carbocycles. The van der Waals surface area contributed by atoms with Crippen molar-refractivity contribution in [3.63, 3.8) is 0 Å². The highest BCUT2D eigenvalue weighted by atomic mass is 32.2. The lowest BCUT2D eigenvalue weighted by Gasteiger charge is -2.25. The van der Waals surface area contributed by atoms with Crippen molar-refractivity contribution < 1.29 is 9.90 Å². The molecule has 3 atom stereocenters. The van der Waals surface area contributed by atoms with Crippen LogP contribution < -0.4 is 10.6 Å². The molecule has 1 aromatic rings. The van der Waals surface area contributed by atoms with Crippen molar-refractivity contribution in [2.24, 2.45) is 0 Å². The Bertz CT molecular complexity index is 489. The summed E-state index contributed by atoms with van der Waals surface area (Å²) < 4.78 is 0. The molecule has 108 valence electrons. The van der Waals surface area contributed by atoms with Crippen LogP contribution in [0.25, 0.3) is 0 Å². The fraction of sp³-hybridized carbons (Fsp3) is 0.533. The van der Waals surface area contributed by atoms with E-state index in [1.807, 2.05) is 36.0 Å². The van der Waals surface area contributed by atoms with E-state index in [0.717, 1.165) is 29.7 Å². The highest BCUT2D eigenvalue weighted by Gasteiger charge is 2.32. The molecule has 3 unspecified atom stereocenters. The summed E-state index contributed by atoms with van der Waals surface area (Å²) >= 11 is 1.88. The molecule has 5 heteroatoms. The summed E-state index contributed by atoms with van der Waals surface area (Å²) in [4.78, 5) is 12.1. The summed E-state index contributed by atoms with van der Waals surface area (Å²) in [5, 5.41) is 16.1. The minimum absolute atomic E-state index is 0.168. The fourth-order valence-electron chi connectivity index (χ4n) is 2.97. The maximum Gasteiger partial charge on any atom is 0.315 e. The number of carbonyl (C=O) groups excluding carboxylic acids is 1. The highest BCUT2D eigenvalue weighted by Crippen LogP contribution is 2.31. The SMILES string of the molecule is O=C(NC1CCCSC1)NC1c2ccccc2CC1O. The lowest BCUT2D eigenvalue weighted by Crippen LogP contribution is -2.46. The van der Waals surface area contributed by atoms with Gasteiger partial charge in [-0.05, 0) is 29.7 Å². The number of aliphatic hydroxyl groups excluding tert-OH is 1. The Morgan fingerprint density at radius 3 is 2.95 bits per heavy atom. The molecule has 1 aliphatic heterocycles. The quantitative estimate of drug-likeness (QED) is 0.779. The van der Waals surface area contributed by atoms with E-state index < -0.39 is 6.10 Å². The monoisotopic (exact) mass is 292 g/mol. The van der Waals surface area contributed by atoms with E-state index in [0.29, 0.717) is 6.42 Å². The second-order valence-corrected chi connectivity index (χ2v) is 6.63. The molecule has 1 aromatic carbocycles. The molecule has 0 aromatic heterocycles. The average molecular weight is 292 g/mol. The molecule has 1 fully saturated rings.